The summed E-state index contributed by atoms with van der Waals surface area (Å²) in [6, 6.07) is 0.705. The first kappa shape index (κ1) is 10.1. The van der Waals surface area contributed by atoms with E-state index in [9.17, 15) is 8.78 Å². The number of pyridine rings is 1. The number of hydrogen-bond acceptors (Lipinski definition) is 4. The first-order valence-corrected chi connectivity index (χ1v) is 4.70. The van der Waals surface area contributed by atoms with Crippen molar-refractivity contribution >= 4 is 5.82 Å². The topological polar surface area (TPSA) is 60.2 Å². The van der Waals surface area contributed by atoms with Crippen molar-refractivity contribution in [3.8, 4) is 5.88 Å². The normalized spacial score (nSPS) is 15.9. The minimum atomic E-state index is -0.837. The lowest BCUT2D eigenvalue weighted by molar-refractivity contribution is 0.109. The fourth-order valence-electron chi connectivity index (χ4n) is 1.28. The Hall–Kier alpha value is -1.43. The molecule has 0 bridgehead atoms. The molecular formula is C9H11F2N3O. The van der Waals surface area contributed by atoms with Crippen LogP contribution < -0.4 is 16.0 Å². The SMILES string of the molecule is NNc1nc(OC2CCC2)c(F)cc1F. The summed E-state index contributed by atoms with van der Waals surface area (Å²) in [5, 5.41) is 0. The van der Waals surface area contributed by atoms with E-state index in [2.05, 4.69) is 4.98 Å². The molecule has 6 heteroatoms. The maximum atomic E-state index is 13.2. The number of hydrazine groups is 1. The molecule has 0 aliphatic heterocycles. The van der Waals surface area contributed by atoms with Crippen LogP contribution >= 0.6 is 0 Å². The van der Waals surface area contributed by atoms with Crippen LogP contribution in [-0.4, -0.2) is 11.1 Å². The number of anilines is 1. The summed E-state index contributed by atoms with van der Waals surface area (Å²) in [6.45, 7) is 0. The third-order valence-electron chi connectivity index (χ3n) is 2.36. The van der Waals surface area contributed by atoms with Crippen LogP contribution in [-0.2, 0) is 0 Å². The van der Waals surface area contributed by atoms with E-state index in [1.54, 1.807) is 0 Å². The highest BCUT2D eigenvalue weighted by Gasteiger charge is 2.22. The number of ether oxygens (including phenoxy) is 1. The van der Waals surface area contributed by atoms with Crippen LogP contribution in [0.25, 0.3) is 0 Å². The Morgan fingerprint density at radius 2 is 2.13 bits per heavy atom. The number of nitrogens with two attached hydrogens (primary N) is 1. The molecular weight excluding hydrogens is 204 g/mol. The molecule has 1 aliphatic rings. The fraction of sp³-hybridized carbons (Fsp3) is 0.444. The highest BCUT2D eigenvalue weighted by Crippen LogP contribution is 2.27. The standard InChI is InChI=1S/C9H11F2N3O/c10-6-4-7(11)9(13-8(6)14-12)15-5-2-1-3-5/h4-5H,1-3,12H2,(H,13,14). The molecule has 0 spiro atoms. The molecule has 0 radical (unpaired) electrons. The molecule has 0 unspecified atom stereocenters. The zero-order valence-electron chi connectivity index (χ0n) is 7.96. The van der Waals surface area contributed by atoms with Gasteiger partial charge in [-0.3, -0.25) is 0 Å². The van der Waals surface area contributed by atoms with Gasteiger partial charge in [0.05, 0.1) is 0 Å². The number of nitrogens with zero attached hydrogens (tertiary/aromatic N) is 1. The van der Waals surface area contributed by atoms with E-state index in [1.165, 1.54) is 0 Å². The van der Waals surface area contributed by atoms with Gasteiger partial charge in [-0.1, -0.05) is 0 Å². The maximum absolute atomic E-state index is 13.2. The van der Waals surface area contributed by atoms with Crippen LogP contribution in [0.2, 0.25) is 0 Å². The predicted molar refractivity (Wildman–Crippen MR) is 50.2 cm³/mol. The molecule has 0 amide bonds. The number of aromatic nitrogens is 1. The van der Waals surface area contributed by atoms with Crippen LogP contribution in [0.5, 0.6) is 5.88 Å². The Morgan fingerprint density at radius 3 is 2.67 bits per heavy atom. The van der Waals surface area contributed by atoms with Crippen molar-refractivity contribution in [2.75, 3.05) is 5.43 Å². The van der Waals surface area contributed by atoms with E-state index in [0.29, 0.717) is 6.07 Å². The Bertz CT molecular complexity index is 369. The van der Waals surface area contributed by atoms with Crippen LogP contribution in [0.15, 0.2) is 6.07 Å². The van der Waals surface area contributed by atoms with Gasteiger partial charge in [0.1, 0.15) is 6.10 Å². The van der Waals surface area contributed by atoms with Crippen LogP contribution in [0.4, 0.5) is 14.6 Å². The second kappa shape index (κ2) is 3.98. The largest absolute Gasteiger partial charge is 0.472 e. The molecule has 2 rings (SSSR count). The first-order valence-electron chi connectivity index (χ1n) is 4.70. The van der Waals surface area contributed by atoms with Crippen molar-refractivity contribution in [1.29, 1.82) is 0 Å². The quantitative estimate of drug-likeness (QED) is 0.593. The van der Waals surface area contributed by atoms with Gasteiger partial charge in [0.15, 0.2) is 17.5 Å². The summed E-state index contributed by atoms with van der Waals surface area (Å²) in [7, 11) is 0. The predicted octanol–water partition coefficient (Wildman–Crippen LogP) is 1.58. The molecule has 0 atom stereocenters. The number of hydrogen-bond donors (Lipinski definition) is 2. The summed E-state index contributed by atoms with van der Waals surface area (Å²) in [6.07, 6.45) is 2.81. The molecule has 1 aromatic rings. The van der Waals surface area contributed by atoms with Gasteiger partial charge < -0.3 is 10.2 Å². The molecule has 4 nitrogen and oxygen atoms in total. The average molecular weight is 215 g/mol. The molecule has 15 heavy (non-hydrogen) atoms. The highest BCUT2D eigenvalue weighted by molar-refractivity contribution is 5.38. The third kappa shape index (κ3) is 1.99. The minimum absolute atomic E-state index is 0.0110. The zero-order chi connectivity index (χ0) is 10.8. The molecule has 1 saturated carbocycles. The van der Waals surface area contributed by atoms with E-state index >= 15 is 0 Å². The molecule has 1 aromatic heterocycles. The highest BCUT2D eigenvalue weighted by atomic mass is 19.1. The summed E-state index contributed by atoms with van der Waals surface area (Å²) >= 11 is 0. The molecule has 82 valence electrons. The van der Waals surface area contributed by atoms with Crippen molar-refractivity contribution < 1.29 is 13.5 Å². The number of rotatable bonds is 3. The summed E-state index contributed by atoms with van der Waals surface area (Å²) in [4.78, 5) is 3.60. The Labute approximate surface area is 85.4 Å². The smallest absolute Gasteiger partial charge is 0.252 e. The zero-order valence-corrected chi connectivity index (χ0v) is 7.96. The third-order valence-corrected chi connectivity index (χ3v) is 2.36. The Kier molecular flexibility index (Phi) is 2.68. The van der Waals surface area contributed by atoms with Crippen LogP contribution in [0, 0.1) is 11.6 Å². The molecule has 1 aliphatic carbocycles. The van der Waals surface area contributed by atoms with Gasteiger partial charge in [0, 0.05) is 6.07 Å². The second-order valence-electron chi connectivity index (χ2n) is 3.42. The first-order chi connectivity index (χ1) is 7.20. The van der Waals surface area contributed by atoms with Gasteiger partial charge in [0.2, 0.25) is 0 Å². The minimum Gasteiger partial charge on any atom is -0.472 e. The van der Waals surface area contributed by atoms with Crippen molar-refractivity contribution in [2.45, 2.75) is 25.4 Å². The lowest BCUT2D eigenvalue weighted by Crippen LogP contribution is -2.26. The van der Waals surface area contributed by atoms with Crippen molar-refractivity contribution in [2.24, 2.45) is 5.84 Å². The van der Waals surface area contributed by atoms with Crippen molar-refractivity contribution in [3.05, 3.63) is 17.7 Å². The summed E-state index contributed by atoms with van der Waals surface area (Å²) < 4.78 is 31.4. The molecule has 0 aromatic carbocycles. The van der Waals surface area contributed by atoms with E-state index in [1.807, 2.05) is 5.43 Å². The Balaban J connectivity index is 2.21. The van der Waals surface area contributed by atoms with Gasteiger partial charge in [-0.05, 0) is 19.3 Å². The lowest BCUT2D eigenvalue weighted by Gasteiger charge is -2.25. The molecule has 1 heterocycles. The fourth-order valence-corrected chi connectivity index (χ4v) is 1.28. The van der Waals surface area contributed by atoms with E-state index in [4.69, 9.17) is 10.6 Å². The number of halogens is 2. The van der Waals surface area contributed by atoms with E-state index < -0.39 is 11.6 Å². The average Bonchev–Trinajstić information content (AvgIpc) is 2.14. The molecule has 0 saturated heterocycles. The number of nitrogen functional groups attached to an aromatic ring is 1. The maximum Gasteiger partial charge on any atom is 0.252 e. The van der Waals surface area contributed by atoms with Gasteiger partial charge in [-0.25, -0.2) is 14.6 Å². The van der Waals surface area contributed by atoms with Gasteiger partial charge in [-0.2, -0.15) is 4.98 Å². The van der Waals surface area contributed by atoms with Crippen LogP contribution in [0.1, 0.15) is 19.3 Å². The summed E-state index contributed by atoms with van der Waals surface area (Å²) in [5.41, 5.74) is 2.04. The lowest BCUT2D eigenvalue weighted by atomic mass is 9.96. The van der Waals surface area contributed by atoms with Gasteiger partial charge in [-0.15, -0.1) is 0 Å². The van der Waals surface area contributed by atoms with Gasteiger partial charge in [0.25, 0.3) is 5.88 Å². The van der Waals surface area contributed by atoms with Gasteiger partial charge >= 0.3 is 0 Å². The van der Waals surface area contributed by atoms with Crippen LogP contribution in [0.3, 0.4) is 0 Å². The second-order valence-corrected chi connectivity index (χ2v) is 3.42. The summed E-state index contributed by atoms with van der Waals surface area (Å²) in [5.74, 6) is 2.96. The van der Waals surface area contributed by atoms with Crippen molar-refractivity contribution in [3.63, 3.8) is 0 Å². The van der Waals surface area contributed by atoms with Crippen molar-refractivity contribution in [1.82, 2.24) is 4.98 Å². The van der Waals surface area contributed by atoms with E-state index in [0.717, 1.165) is 19.3 Å². The van der Waals surface area contributed by atoms with E-state index in [-0.39, 0.29) is 17.8 Å². The number of nitrogens with one attached hydrogen (secondary N) is 1. The molecule has 1 fully saturated rings. The Morgan fingerprint density at radius 1 is 1.40 bits per heavy atom. The molecule has 3 N–H and O–H groups in total. The monoisotopic (exact) mass is 215 g/mol.